The highest BCUT2D eigenvalue weighted by Gasteiger charge is 2.49. The Morgan fingerprint density at radius 1 is 1.03 bits per heavy atom. The van der Waals surface area contributed by atoms with Gasteiger partial charge in [-0.15, -0.1) is 0 Å². The number of hydrogen-bond donors (Lipinski definition) is 1. The zero-order valence-corrected chi connectivity index (χ0v) is 19.9. The van der Waals surface area contributed by atoms with Crippen molar-refractivity contribution in [2.24, 2.45) is 0 Å². The molecule has 186 valence electrons. The molecule has 36 heavy (non-hydrogen) atoms. The van der Waals surface area contributed by atoms with Gasteiger partial charge in [0.1, 0.15) is 5.54 Å². The van der Waals surface area contributed by atoms with Gasteiger partial charge in [-0.1, -0.05) is 12.1 Å². The smallest absolute Gasteiger partial charge is 0.325 e. The molecule has 2 aliphatic rings. The van der Waals surface area contributed by atoms with Crippen LogP contribution in [0.4, 0.5) is 13.6 Å². The highest BCUT2D eigenvalue weighted by atomic mass is 19.2. The van der Waals surface area contributed by atoms with Crippen molar-refractivity contribution in [3.8, 4) is 11.5 Å². The number of amides is 3. The van der Waals surface area contributed by atoms with E-state index in [4.69, 9.17) is 9.47 Å². The third kappa shape index (κ3) is 3.78. The van der Waals surface area contributed by atoms with Crippen molar-refractivity contribution >= 4 is 17.7 Å². The third-order valence-corrected chi connectivity index (χ3v) is 6.73. The van der Waals surface area contributed by atoms with E-state index in [1.807, 2.05) is 29.7 Å². The van der Waals surface area contributed by atoms with Gasteiger partial charge < -0.3 is 19.4 Å². The number of imide groups is 1. The largest absolute Gasteiger partial charge is 0.454 e. The molecule has 2 aliphatic heterocycles. The molecule has 0 radical (unpaired) electrons. The number of ether oxygens (including phenoxy) is 2. The number of aryl methyl sites for hydroxylation is 1. The topological polar surface area (TPSA) is 89.9 Å². The van der Waals surface area contributed by atoms with E-state index in [1.165, 1.54) is 13.0 Å². The second-order valence-corrected chi connectivity index (χ2v) is 9.06. The Hall–Kier alpha value is -4.21. The number of benzene rings is 2. The van der Waals surface area contributed by atoms with Gasteiger partial charge in [-0.05, 0) is 62.2 Å². The number of urea groups is 1. The van der Waals surface area contributed by atoms with Crippen molar-refractivity contribution in [2.75, 3.05) is 13.3 Å². The monoisotopic (exact) mass is 495 g/mol. The van der Waals surface area contributed by atoms with Gasteiger partial charge in [0, 0.05) is 23.5 Å². The van der Waals surface area contributed by atoms with Crippen molar-refractivity contribution in [3.05, 3.63) is 82.2 Å². The predicted octanol–water partition coefficient (Wildman–Crippen LogP) is 3.81. The maximum Gasteiger partial charge on any atom is 0.325 e. The number of ketones is 1. The minimum Gasteiger partial charge on any atom is -0.454 e. The maximum atomic E-state index is 13.8. The number of nitrogens with one attached hydrogen (secondary N) is 1. The summed E-state index contributed by atoms with van der Waals surface area (Å²) in [5, 5.41) is 2.50. The molecule has 1 fully saturated rings. The molecule has 3 aromatic rings. The first-order valence-electron chi connectivity index (χ1n) is 11.3. The molecule has 1 aromatic heterocycles. The Kier molecular flexibility index (Phi) is 5.54. The van der Waals surface area contributed by atoms with Crippen LogP contribution in [0.3, 0.4) is 0 Å². The first-order valence-corrected chi connectivity index (χ1v) is 11.3. The summed E-state index contributed by atoms with van der Waals surface area (Å²) in [7, 11) is 0. The molecule has 3 amide bonds. The van der Waals surface area contributed by atoms with Crippen LogP contribution in [0.2, 0.25) is 0 Å². The van der Waals surface area contributed by atoms with Gasteiger partial charge in [0.15, 0.2) is 28.9 Å². The average Bonchev–Trinajstić information content (AvgIpc) is 3.48. The van der Waals surface area contributed by atoms with Crippen LogP contribution in [0.25, 0.3) is 0 Å². The first kappa shape index (κ1) is 23.5. The fraction of sp³-hybridized carbons (Fsp3) is 0.269. The Balaban J connectivity index is 1.36. The minimum absolute atomic E-state index is 0.0802. The summed E-state index contributed by atoms with van der Waals surface area (Å²) < 4.78 is 39.9. The van der Waals surface area contributed by atoms with Gasteiger partial charge in [0.25, 0.3) is 5.91 Å². The summed E-state index contributed by atoms with van der Waals surface area (Å²) in [6.45, 7) is 5.23. The van der Waals surface area contributed by atoms with Gasteiger partial charge >= 0.3 is 6.03 Å². The van der Waals surface area contributed by atoms with E-state index in [2.05, 4.69) is 5.32 Å². The summed E-state index contributed by atoms with van der Waals surface area (Å²) in [5.74, 6) is -2.00. The van der Waals surface area contributed by atoms with Crippen LogP contribution < -0.4 is 14.8 Å². The Bertz CT molecular complexity index is 1430. The Morgan fingerprint density at radius 2 is 1.78 bits per heavy atom. The molecule has 0 spiro atoms. The third-order valence-electron chi connectivity index (χ3n) is 6.73. The lowest BCUT2D eigenvalue weighted by Crippen LogP contribution is -2.41. The van der Waals surface area contributed by atoms with Gasteiger partial charge in [0.2, 0.25) is 6.79 Å². The SMILES string of the molecule is Cc1cc(C(=O)CN2C(=O)N[C@](C)(c3ccc(F)c(F)c3)C2=O)c(C)n1Cc1ccc2c(c1)OCO2. The van der Waals surface area contributed by atoms with Crippen LogP contribution in [-0.4, -0.2) is 40.5 Å². The van der Waals surface area contributed by atoms with Gasteiger partial charge in [-0.2, -0.15) is 0 Å². The quantitative estimate of drug-likeness (QED) is 0.415. The van der Waals surface area contributed by atoms with Crippen LogP contribution in [0, 0.1) is 25.5 Å². The minimum atomic E-state index is -1.62. The normalized spacial score (nSPS) is 18.6. The van der Waals surface area contributed by atoms with Crippen molar-refractivity contribution in [1.82, 2.24) is 14.8 Å². The fourth-order valence-electron chi connectivity index (χ4n) is 4.62. The van der Waals surface area contributed by atoms with E-state index in [9.17, 15) is 23.2 Å². The average molecular weight is 495 g/mol. The fourth-order valence-corrected chi connectivity index (χ4v) is 4.62. The van der Waals surface area contributed by atoms with Gasteiger partial charge in [-0.25, -0.2) is 13.6 Å². The molecule has 1 atom stereocenters. The van der Waals surface area contributed by atoms with Crippen molar-refractivity contribution in [3.63, 3.8) is 0 Å². The summed E-state index contributed by atoms with van der Waals surface area (Å²) in [4.78, 5) is 39.8. The number of hydrogen-bond acceptors (Lipinski definition) is 5. The van der Waals surface area contributed by atoms with E-state index in [-0.39, 0.29) is 12.4 Å². The summed E-state index contributed by atoms with van der Waals surface area (Å²) >= 11 is 0. The lowest BCUT2D eigenvalue weighted by molar-refractivity contribution is -0.130. The first-order chi connectivity index (χ1) is 17.1. The maximum absolute atomic E-state index is 13.8. The van der Waals surface area contributed by atoms with E-state index in [0.717, 1.165) is 28.3 Å². The Labute approximate surface area is 205 Å². The molecule has 3 heterocycles. The number of carbonyl (C=O) groups excluding carboxylic acids is 3. The lowest BCUT2D eigenvalue weighted by Gasteiger charge is -2.22. The summed E-state index contributed by atoms with van der Waals surface area (Å²) in [5.41, 5.74) is 1.31. The molecule has 1 saturated heterocycles. The summed E-state index contributed by atoms with van der Waals surface area (Å²) in [6.07, 6.45) is 0. The van der Waals surface area contributed by atoms with E-state index >= 15 is 0 Å². The van der Waals surface area contributed by atoms with Crippen molar-refractivity contribution in [1.29, 1.82) is 0 Å². The van der Waals surface area contributed by atoms with E-state index in [0.29, 0.717) is 29.3 Å². The zero-order valence-electron chi connectivity index (χ0n) is 19.9. The molecular formula is C26H23F2N3O5. The molecule has 1 N–H and O–H groups in total. The van der Waals surface area contributed by atoms with Crippen LogP contribution in [-0.2, 0) is 16.9 Å². The highest BCUT2D eigenvalue weighted by Crippen LogP contribution is 2.33. The molecule has 10 heteroatoms. The molecule has 0 saturated carbocycles. The van der Waals surface area contributed by atoms with Crippen LogP contribution >= 0.6 is 0 Å². The number of fused-ring (bicyclic) bond motifs is 1. The van der Waals surface area contributed by atoms with Gasteiger partial charge in [-0.3, -0.25) is 14.5 Å². The number of carbonyl (C=O) groups is 3. The van der Waals surface area contributed by atoms with E-state index in [1.54, 1.807) is 13.0 Å². The van der Waals surface area contributed by atoms with Crippen molar-refractivity contribution < 1.29 is 32.6 Å². The number of rotatable bonds is 6. The van der Waals surface area contributed by atoms with Crippen LogP contribution in [0.5, 0.6) is 11.5 Å². The Morgan fingerprint density at radius 3 is 2.53 bits per heavy atom. The highest BCUT2D eigenvalue weighted by molar-refractivity contribution is 6.11. The molecular weight excluding hydrogens is 472 g/mol. The molecule has 0 aliphatic carbocycles. The molecule has 0 unspecified atom stereocenters. The number of Topliss-reactive ketones (excluding diaryl/α,β-unsaturated/α-hetero) is 1. The molecule has 0 bridgehead atoms. The standard InChI is InChI=1S/C26H23F2N3O5/c1-14-8-18(15(2)30(14)11-16-4-7-22-23(9-16)36-13-35-22)21(32)12-31-24(33)26(3,29-25(31)34)17-5-6-19(27)20(28)10-17/h4-10H,11-13H2,1-3H3,(H,29,34)/t26-/m1/s1. The second kappa shape index (κ2) is 8.47. The molecule has 8 nitrogen and oxygen atoms in total. The zero-order chi connectivity index (χ0) is 25.8. The van der Waals surface area contributed by atoms with Gasteiger partial charge in [0.05, 0.1) is 6.54 Å². The second-order valence-electron chi connectivity index (χ2n) is 9.06. The lowest BCUT2D eigenvalue weighted by atomic mass is 9.92. The van der Waals surface area contributed by atoms with Crippen molar-refractivity contribution in [2.45, 2.75) is 32.9 Å². The predicted molar refractivity (Wildman–Crippen MR) is 124 cm³/mol. The molecule has 2 aromatic carbocycles. The number of nitrogens with zero attached hydrogens (tertiary/aromatic N) is 2. The number of halogens is 2. The summed E-state index contributed by atoms with van der Waals surface area (Å²) in [6, 6.07) is 9.55. The van der Waals surface area contributed by atoms with Crippen LogP contribution in [0.1, 0.15) is 39.8 Å². The van der Waals surface area contributed by atoms with E-state index < -0.39 is 41.4 Å². The number of aromatic nitrogens is 1. The molecule has 5 rings (SSSR count). The van der Waals surface area contributed by atoms with Crippen LogP contribution in [0.15, 0.2) is 42.5 Å².